The first-order valence-electron chi connectivity index (χ1n) is 4.31. The molecule has 0 aliphatic carbocycles. The van der Waals surface area contributed by atoms with E-state index >= 15 is 0 Å². The highest BCUT2D eigenvalue weighted by atomic mass is 16.5. The first-order valence-corrected chi connectivity index (χ1v) is 4.31. The van der Waals surface area contributed by atoms with Crippen LogP contribution in [-0.2, 0) is 9.53 Å². The molecule has 0 atom stereocenters. The van der Waals surface area contributed by atoms with E-state index in [1.54, 1.807) is 6.92 Å². The van der Waals surface area contributed by atoms with Crippen LogP contribution in [0, 0.1) is 17.8 Å². The van der Waals surface area contributed by atoms with Crippen molar-refractivity contribution < 1.29 is 9.53 Å². The van der Waals surface area contributed by atoms with Crippen molar-refractivity contribution in [3.8, 4) is 12.3 Å². The Balaban J connectivity index is 4.51. The average molecular weight is 168 g/mol. The SMILES string of the molecule is C#CC(CC)(CC)C(=O)OCC. The summed E-state index contributed by atoms with van der Waals surface area (Å²) in [6.45, 7) is 5.98. The quantitative estimate of drug-likeness (QED) is 0.474. The van der Waals surface area contributed by atoms with E-state index < -0.39 is 5.41 Å². The van der Waals surface area contributed by atoms with Crippen LogP contribution in [0.5, 0.6) is 0 Å². The molecule has 0 unspecified atom stereocenters. The fraction of sp³-hybridized carbons (Fsp3) is 0.700. The molecule has 0 aliphatic rings. The Morgan fingerprint density at radius 2 is 1.92 bits per heavy atom. The molecule has 2 nitrogen and oxygen atoms in total. The summed E-state index contributed by atoms with van der Waals surface area (Å²) in [5.74, 6) is 2.26. The monoisotopic (exact) mass is 168 g/mol. The van der Waals surface area contributed by atoms with Gasteiger partial charge in [-0.15, -0.1) is 6.42 Å². The lowest BCUT2D eigenvalue weighted by Crippen LogP contribution is -2.30. The van der Waals surface area contributed by atoms with E-state index in [4.69, 9.17) is 11.2 Å². The topological polar surface area (TPSA) is 26.3 Å². The van der Waals surface area contributed by atoms with Crippen molar-refractivity contribution in [1.29, 1.82) is 0 Å². The highest BCUT2D eigenvalue weighted by molar-refractivity contribution is 5.80. The standard InChI is InChI=1S/C10H16O2/c1-5-10(6-2,7-3)9(11)12-8-4/h1H,6-8H2,2-4H3. The van der Waals surface area contributed by atoms with Crippen LogP contribution in [0.1, 0.15) is 33.6 Å². The normalized spacial score (nSPS) is 10.5. The zero-order chi connectivity index (χ0) is 9.61. The molecule has 0 aliphatic heterocycles. The van der Waals surface area contributed by atoms with Crippen LogP contribution in [0.25, 0.3) is 0 Å². The van der Waals surface area contributed by atoms with Crippen molar-refractivity contribution in [3.63, 3.8) is 0 Å². The van der Waals surface area contributed by atoms with E-state index in [-0.39, 0.29) is 5.97 Å². The van der Waals surface area contributed by atoms with Crippen LogP contribution in [0.3, 0.4) is 0 Å². The van der Waals surface area contributed by atoms with Gasteiger partial charge in [0.1, 0.15) is 5.41 Å². The van der Waals surface area contributed by atoms with Crippen LogP contribution in [-0.4, -0.2) is 12.6 Å². The molecule has 0 aromatic rings. The molecule has 0 saturated carbocycles. The maximum absolute atomic E-state index is 11.4. The van der Waals surface area contributed by atoms with Crippen LogP contribution in [0.15, 0.2) is 0 Å². The molecule has 0 aromatic heterocycles. The van der Waals surface area contributed by atoms with Gasteiger partial charge in [0.2, 0.25) is 0 Å². The van der Waals surface area contributed by atoms with Gasteiger partial charge in [0.05, 0.1) is 6.61 Å². The summed E-state index contributed by atoms with van der Waals surface area (Å²) in [5, 5.41) is 0. The van der Waals surface area contributed by atoms with Crippen molar-refractivity contribution in [1.82, 2.24) is 0 Å². The van der Waals surface area contributed by atoms with E-state index in [9.17, 15) is 4.79 Å². The fourth-order valence-electron chi connectivity index (χ4n) is 1.07. The third kappa shape index (κ3) is 2.01. The summed E-state index contributed by atoms with van der Waals surface area (Å²) in [5.41, 5.74) is -0.698. The lowest BCUT2D eigenvalue weighted by molar-refractivity contribution is -0.152. The van der Waals surface area contributed by atoms with Gasteiger partial charge < -0.3 is 4.74 Å². The van der Waals surface area contributed by atoms with Gasteiger partial charge in [-0.3, -0.25) is 4.79 Å². The summed E-state index contributed by atoms with van der Waals surface area (Å²) in [7, 11) is 0. The number of terminal acetylenes is 1. The Labute approximate surface area is 74.3 Å². The predicted octanol–water partition coefficient (Wildman–Crippen LogP) is 1.99. The molecule has 2 heteroatoms. The number of hydrogen-bond donors (Lipinski definition) is 0. The van der Waals surface area contributed by atoms with Gasteiger partial charge in [0, 0.05) is 0 Å². The van der Waals surface area contributed by atoms with Gasteiger partial charge in [-0.1, -0.05) is 19.8 Å². The van der Waals surface area contributed by atoms with Crippen molar-refractivity contribution >= 4 is 5.97 Å². The maximum Gasteiger partial charge on any atom is 0.324 e. The molecule has 0 bridgehead atoms. The third-order valence-corrected chi connectivity index (χ3v) is 2.15. The molecule has 0 N–H and O–H groups in total. The molecule has 0 aromatic carbocycles. The zero-order valence-electron chi connectivity index (χ0n) is 8.02. The lowest BCUT2D eigenvalue weighted by Gasteiger charge is -2.22. The molecular weight excluding hydrogens is 152 g/mol. The second-order valence-electron chi connectivity index (χ2n) is 2.65. The predicted molar refractivity (Wildman–Crippen MR) is 48.5 cm³/mol. The van der Waals surface area contributed by atoms with E-state index in [0.717, 1.165) is 0 Å². The first-order chi connectivity index (χ1) is 5.66. The van der Waals surface area contributed by atoms with Gasteiger partial charge in [0.25, 0.3) is 0 Å². The van der Waals surface area contributed by atoms with Crippen LogP contribution < -0.4 is 0 Å². The van der Waals surface area contributed by atoms with Crippen LogP contribution >= 0.6 is 0 Å². The lowest BCUT2D eigenvalue weighted by atomic mass is 9.83. The highest BCUT2D eigenvalue weighted by Gasteiger charge is 2.33. The molecule has 0 heterocycles. The van der Waals surface area contributed by atoms with Crippen molar-refractivity contribution in [3.05, 3.63) is 0 Å². The molecule has 0 fully saturated rings. The largest absolute Gasteiger partial charge is 0.465 e. The zero-order valence-corrected chi connectivity index (χ0v) is 8.02. The van der Waals surface area contributed by atoms with Gasteiger partial charge in [-0.05, 0) is 19.8 Å². The molecule has 0 saturated heterocycles. The smallest absolute Gasteiger partial charge is 0.324 e. The fourth-order valence-corrected chi connectivity index (χ4v) is 1.07. The first kappa shape index (κ1) is 11.0. The van der Waals surface area contributed by atoms with E-state index in [2.05, 4.69) is 5.92 Å². The third-order valence-electron chi connectivity index (χ3n) is 2.15. The number of carbonyl (C=O) groups excluding carboxylic acids is 1. The van der Waals surface area contributed by atoms with E-state index in [1.165, 1.54) is 0 Å². The summed E-state index contributed by atoms with van der Waals surface area (Å²) >= 11 is 0. The van der Waals surface area contributed by atoms with Gasteiger partial charge in [-0.2, -0.15) is 0 Å². The van der Waals surface area contributed by atoms with E-state index in [1.807, 2.05) is 13.8 Å². The minimum Gasteiger partial charge on any atom is -0.465 e. The molecule has 0 radical (unpaired) electrons. The van der Waals surface area contributed by atoms with Crippen molar-refractivity contribution in [2.24, 2.45) is 5.41 Å². The Morgan fingerprint density at radius 1 is 1.42 bits per heavy atom. The number of rotatable bonds is 4. The average Bonchev–Trinajstić information content (AvgIpc) is 2.09. The second kappa shape index (κ2) is 4.82. The summed E-state index contributed by atoms with van der Waals surface area (Å²) in [6, 6.07) is 0. The van der Waals surface area contributed by atoms with Crippen molar-refractivity contribution in [2.75, 3.05) is 6.61 Å². The molecule has 68 valence electrons. The molecule has 12 heavy (non-hydrogen) atoms. The minimum absolute atomic E-state index is 0.266. The molecule has 0 amide bonds. The van der Waals surface area contributed by atoms with Crippen molar-refractivity contribution in [2.45, 2.75) is 33.6 Å². The van der Waals surface area contributed by atoms with Gasteiger partial charge in [0.15, 0.2) is 0 Å². The molecule has 0 rings (SSSR count). The second-order valence-corrected chi connectivity index (χ2v) is 2.65. The highest BCUT2D eigenvalue weighted by Crippen LogP contribution is 2.26. The van der Waals surface area contributed by atoms with Gasteiger partial charge in [-0.25, -0.2) is 0 Å². The van der Waals surface area contributed by atoms with Crippen LogP contribution in [0.2, 0.25) is 0 Å². The number of carbonyl (C=O) groups is 1. The molecular formula is C10H16O2. The summed E-state index contributed by atoms with van der Waals surface area (Å²) in [4.78, 5) is 11.4. The maximum atomic E-state index is 11.4. The van der Waals surface area contributed by atoms with E-state index in [0.29, 0.717) is 19.4 Å². The molecule has 0 spiro atoms. The Bertz CT molecular complexity index is 185. The summed E-state index contributed by atoms with van der Waals surface area (Å²) < 4.78 is 4.90. The van der Waals surface area contributed by atoms with Crippen LogP contribution in [0.4, 0.5) is 0 Å². The van der Waals surface area contributed by atoms with Gasteiger partial charge >= 0.3 is 5.97 Å². The Hall–Kier alpha value is -0.970. The Morgan fingerprint density at radius 3 is 2.17 bits per heavy atom. The minimum atomic E-state index is -0.698. The summed E-state index contributed by atoms with van der Waals surface area (Å²) in [6.07, 6.45) is 6.58. The number of hydrogen-bond acceptors (Lipinski definition) is 2. The Kier molecular flexibility index (Phi) is 4.43. The number of ether oxygens (including phenoxy) is 1. The number of esters is 1.